The average Bonchev–Trinajstić information content (AvgIpc) is 2.88. The number of rotatable bonds is 2. The van der Waals surface area contributed by atoms with E-state index in [1.807, 2.05) is 17.7 Å². The summed E-state index contributed by atoms with van der Waals surface area (Å²) in [5, 5.41) is 9.09. The van der Waals surface area contributed by atoms with E-state index in [1.165, 1.54) is 16.5 Å². The molecule has 0 spiro atoms. The zero-order chi connectivity index (χ0) is 11.0. The fourth-order valence-electron chi connectivity index (χ4n) is 1.87. The second-order valence-corrected chi connectivity index (χ2v) is 3.91. The molecule has 2 heterocycles. The molecule has 1 N–H and O–H groups in total. The van der Waals surface area contributed by atoms with Crippen LogP contribution in [-0.4, -0.2) is 19.7 Å². The van der Waals surface area contributed by atoms with Crippen molar-refractivity contribution >= 4 is 10.9 Å². The van der Waals surface area contributed by atoms with Crippen LogP contribution in [0.1, 0.15) is 11.4 Å². The summed E-state index contributed by atoms with van der Waals surface area (Å²) in [5.74, 6) is 0.939. The molecule has 0 fully saturated rings. The SMILES string of the molecule is Cc1nncn1Cc1ccc2[nH]ccc2c1. The van der Waals surface area contributed by atoms with Crippen LogP contribution in [0.5, 0.6) is 0 Å². The number of H-pyrrole nitrogens is 1. The Morgan fingerprint density at radius 1 is 1.31 bits per heavy atom. The van der Waals surface area contributed by atoms with Gasteiger partial charge >= 0.3 is 0 Å². The lowest BCUT2D eigenvalue weighted by molar-refractivity contribution is 0.762. The van der Waals surface area contributed by atoms with Gasteiger partial charge in [-0.2, -0.15) is 0 Å². The van der Waals surface area contributed by atoms with Crippen molar-refractivity contribution in [1.29, 1.82) is 0 Å². The van der Waals surface area contributed by atoms with Gasteiger partial charge in [-0.3, -0.25) is 0 Å². The van der Waals surface area contributed by atoms with Crippen LogP contribution in [0, 0.1) is 6.92 Å². The molecule has 0 radical (unpaired) electrons. The Hall–Kier alpha value is -2.10. The molecule has 0 unspecified atom stereocenters. The van der Waals surface area contributed by atoms with Gasteiger partial charge in [0.25, 0.3) is 0 Å². The minimum absolute atomic E-state index is 0.819. The number of hydrogen-bond donors (Lipinski definition) is 1. The van der Waals surface area contributed by atoms with E-state index in [1.54, 1.807) is 6.33 Å². The Morgan fingerprint density at radius 2 is 2.25 bits per heavy atom. The van der Waals surface area contributed by atoms with Gasteiger partial charge in [0.15, 0.2) is 0 Å². The molecule has 2 aromatic heterocycles. The molecular formula is C12H12N4. The Morgan fingerprint density at radius 3 is 3.06 bits per heavy atom. The van der Waals surface area contributed by atoms with Crippen LogP contribution >= 0.6 is 0 Å². The van der Waals surface area contributed by atoms with Crippen LogP contribution in [-0.2, 0) is 6.54 Å². The van der Waals surface area contributed by atoms with Crippen molar-refractivity contribution in [3.63, 3.8) is 0 Å². The predicted octanol–water partition coefficient (Wildman–Crippen LogP) is 2.12. The van der Waals surface area contributed by atoms with Crippen molar-refractivity contribution in [2.45, 2.75) is 13.5 Å². The molecule has 0 aliphatic heterocycles. The van der Waals surface area contributed by atoms with Gasteiger partial charge in [0.1, 0.15) is 12.2 Å². The summed E-state index contributed by atoms with van der Waals surface area (Å²) in [6.07, 6.45) is 3.72. The van der Waals surface area contributed by atoms with Gasteiger partial charge in [-0.25, -0.2) is 0 Å². The van der Waals surface area contributed by atoms with Crippen LogP contribution in [0.15, 0.2) is 36.8 Å². The number of aryl methyl sites for hydroxylation is 1. The molecule has 4 nitrogen and oxygen atoms in total. The molecule has 0 aliphatic carbocycles. The first kappa shape index (κ1) is 9.15. The van der Waals surface area contributed by atoms with E-state index < -0.39 is 0 Å². The summed E-state index contributed by atoms with van der Waals surface area (Å²) in [4.78, 5) is 3.19. The predicted molar refractivity (Wildman–Crippen MR) is 62.2 cm³/mol. The maximum Gasteiger partial charge on any atom is 0.129 e. The highest BCUT2D eigenvalue weighted by Gasteiger charge is 2.01. The third-order valence-electron chi connectivity index (χ3n) is 2.78. The van der Waals surface area contributed by atoms with Crippen LogP contribution in [0.2, 0.25) is 0 Å². The Balaban J connectivity index is 1.97. The highest BCUT2D eigenvalue weighted by molar-refractivity contribution is 5.79. The van der Waals surface area contributed by atoms with Gasteiger partial charge in [0.05, 0.1) is 6.54 Å². The lowest BCUT2D eigenvalue weighted by atomic mass is 10.1. The van der Waals surface area contributed by atoms with E-state index >= 15 is 0 Å². The fourth-order valence-corrected chi connectivity index (χ4v) is 1.87. The van der Waals surface area contributed by atoms with Gasteiger partial charge in [-0.05, 0) is 36.1 Å². The van der Waals surface area contributed by atoms with Crippen molar-refractivity contribution in [3.8, 4) is 0 Å². The largest absolute Gasteiger partial charge is 0.361 e. The molecule has 80 valence electrons. The van der Waals surface area contributed by atoms with Crippen molar-refractivity contribution in [2.75, 3.05) is 0 Å². The summed E-state index contributed by atoms with van der Waals surface area (Å²) in [6, 6.07) is 8.49. The Labute approximate surface area is 92.9 Å². The maximum absolute atomic E-state index is 3.97. The van der Waals surface area contributed by atoms with Crippen molar-refractivity contribution in [1.82, 2.24) is 19.7 Å². The fraction of sp³-hybridized carbons (Fsp3) is 0.167. The first-order chi connectivity index (χ1) is 7.83. The maximum atomic E-state index is 3.97. The number of benzene rings is 1. The smallest absolute Gasteiger partial charge is 0.129 e. The number of nitrogens with zero attached hydrogens (tertiary/aromatic N) is 3. The van der Waals surface area contributed by atoms with Crippen LogP contribution < -0.4 is 0 Å². The third-order valence-corrected chi connectivity index (χ3v) is 2.78. The zero-order valence-corrected chi connectivity index (χ0v) is 9.01. The molecule has 0 saturated carbocycles. The molecule has 0 amide bonds. The van der Waals surface area contributed by atoms with Crippen molar-refractivity contribution in [2.24, 2.45) is 0 Å². The molecule has 1 aromatic carbocycles. The van der Waals surface area contributed by atoms with E-state index in [-0.39, 0.29) is 0 Å². The van der Waals surface area contributed by atoms with E-state index in [2.05, 4.69) is 39.4 Å². The first-order valence-electron chi connectivity index (χ1n) is 5.23. The molecule has 0 atom stereocenters. The summed E-state index contributed by atoms with van der Waals surface area (Å²) < 4.78 is 2.04. The summed E-state index contributed by atoms with van der Waals surface area (Å²) in [6.45, 7) is 2.78. The van der Waals surface area contributed by atoms with Gasteiger partial charge < -0.3 is 9.55 Å². The van der Waals surface area contributed by atoms with Gasteiger partial charge in [0.2, 0.25) is 0 Å². The van der Waals surface area contributed by atoms with Gasteiger partial charge in [0, 0.05) is 11.7 Å². The van der Waals surface area contributed by atoms with Crippen LogP contribution in [0.4, 0.5) is 0 Å². The number of aromatic amines is 1. The molecule has 16 heavy (non-hydrogen) atoms. The third kappa shape index (κ3) is 1.48. The highest BCUT2D eigenvalue weighted by atomic mass is 15.2. The molecule has 0 bridgehead atoms. The first-order valence-corrected chi connectivity index (χ1v) is 5.23. The van der Waals surface area contributed by atoms with Gasteiger partial charge in [-0.15, -0.1) is 10.2 Å². The number of nitrogens with one attached hydrogen (secondary N) is 1. The molecule has 0 saturated heterocycles. The van der Waals surface area contributed by atoms with E-state index in [9.17, 15) is 0 Å². The molecular weight excluding hydrogens is 200 g/mol. The topological polar surface area (TPSA) is 46.5 Å². The standard InChI is InChI=1S/C12H12N4/c1-9-15-14-8-16(9)7-10-2-3-12-11(6-10)4-5-13-12/h2-6,8,13H,7H2,1H3. The summed E-state index contributed by atoms with van der Waals surface area (Å²) >= 11 is 0. The number of fused-ring (bicyclic) bond motifs is 1. The lowest BCUT2D eigenvalue weighted by Gasteiger charge is -2.04. The monoisotopic (exact) mass is 212 g/mol. The van der Waals surface area contributed by atoms with Crippen LogP contribution in [0.25, 0.3) is 10.9 Å². The Kier molecular flexibility index (Phi) is 1.99. The summed E-state index contributed by atoms with van der Waals surface area (Å²) in [7, 11) is 0. The highest BCUT2D eigenvalue weighted by Crippen LogP contribution is 2.15. The number of hydrogen-bond acceptors (Lipinski definition) is 2. The normalized spacial score (nSPS) is 11.1. The second-order valence-electron chi connectivity index (χ2n) is 3.91. The quantitative estimate of drug-likeness (QED) is 0.707. The summed E-state index contributed by atoms with van der Waals surface area (Å²) in [5.41, 5.74) is 2.43. The van der Waals surface area contributed by atoms with E-state index in [4.69, 9.17) is 0 Å². The number of aromatic nitrogens is 4. The lowest BCUT2D eigenvalue weighted by Crippen LogP contribution is -2.00. The molecule has 3 rings (SSSR count). The molecule has 0 aliphatic rings. The van der Waals surface area contributed by atoms with Gasteiger partial charge in [-0.1, -0.05) is 6.07 Å². The average molecular weight is 212 g/mol. The minimum Gasteiger partial charge on any atom is -0.361 e. The van der Waals surface area contributed by atoms with Crippen LogP contribution in [0.3, 0.4) is 0 Å². The second kappa shape index (κ2) is 3.48. The van der Waals surface area contributed by atoms with E-state index in [0.717, 1.165) is 12.4 Å². The minimum atomic E-state index is 0.819. The molecule has 4 heteroatoms. The van der Waals surface area contributed by atoms with Crippen molar-refractivity contribution < 1.29 is 0 Å². The van der Waals surface area contributed by atoms with Crippen molar-refractivity contribution in [3.05, 3.63) is 48.2 Å². The van der Waals surface area contributed by atoms with E-state index in [0.29, 0.717) is 0 Å². The molecule has 3 aromatic rings. The zero-order valence-electron chi connectivity index (χ0n) is 9.01. The Bertz CT molecular complexity index is 621.